The molecule has 1 aliphatic heterocycles. The van der Waals surface area contributed by atoms with Gasteiger partial charge in [0.25, 0.3) is 0 Å². The molecule has 36 heavy (non-hydrogen) atoms. The Kier molecular flexibility index (Phi) is 7.38. The van der Waals surface area contributed by atoms with Crippen molar-refractivity contribution >= 4 is 29.2 Å². The molecule has 1 heterocycles. The van der Waals surface area contributed by atoms with Crippen molar-refractivity contribution in [3.05, 3.63) is 69.2 Å². The lowest BCUT2D eigenvalue weighted by atomic mass is 9.62. The molecule has 1 saturated carbocycles. The van der Waals surface area contributed by atoms with Gasteiger partial charge in [0.2, 0.25) is 0 Å². The van der Waals surface area contributed by atoms with E-state index in [2.05, 4.69) is 11.4 Å². The molecule has 5 atom stereocenters. The Morgan fingerprint density at radius 1 is 1.28 bits per heavy atom. The highest BCUT2D eigenvalue weighted by atomic mass is 35.5. The SMILES string of the molecule is CC(C)(C)OC(=O)[C@@H]1N[C@@H](C(CO)C2CC2)[C@](C#N)(c2ccc(Cl)cc2F)[C@H]1c1cccc(Cl)c1F. The highest BCUT2D eigenvalue weighted by Crippen LogP contribution is 2.55. The van der Waals surface area contributed by atoms with Crippen LogP contribution in [0.1, 0.15) is 50.7 Å². The number of nitrogens with zero attached hydrogens (tertiary/aromatic N) is 1. The van der Waals surface area contributed by atoms with Crippen LogP contribution in [-0.2, 0) is 14.9 Å². The Labute approximate surface area is 219 Å². The van der Waals surface area contributed by atoms with Crippen molar-refractivity contribution in [3.8, 4) is 6.07 Å². The Hall–Kier alpha value is -2.24. The van der Waals surface area contributed by atoms with Crippen LogP contribution >= 0.6 is 23.2 Å². The van der Waals surface area contributed by atoms with Gasteiger partial charge in [0.15, 0.2) is 0 Å². The van der Waals surface area contributed by atoms with Gasteiger partial charge in [-0.25, -0.2) is 8.78 Å². The minimum Gasteiger partial charge on any atom is -0.459 e. The largest absolute Gasteiger partial charge is 0.459 e. The number of esters is 1. The highest BCUT2D eigenvalue weighted by molar-refractivity contribution is 6.31. The maximum Gasteiger partial charge on any atom is 0.324 e. The molecule has 1 saturated heterocycles. The minimum atomic E-state index is -1.79. The molecule has 0 spiro atoms. The predicted octanol–water partition coefficient (Wildman–Crippen LogP) is 5.52. The smallest absolute Gasteiger partial charge is 0.324 e. The van der Waals surface area contributed by atoms with Crippen molar-refractivity contribution < 1.29 is 23.4 Å². The Morgan fingerprint density at radius 2 is 1.97 bits per heavy atom. The second-order valence-corrected chi connectivity index (χ2v) is 11.4. The maximum absolute atomic E-state index is 15.6. The molecule has 0 radical (unpaired) electrons. The average molecular weight is 537 g/mol. The zero-order valence-electron chi connectivity index (χ0n) is 20.2. The molecular formula is C27H28Cl2F2N2O3. The summed E-state index contributed by atoms with van der Waals surface area (Å²) in [6.07, 6.45) is 1.64. The van der Waals surface area contributed by atoms with Gasteiger partial charge in [-0.15, -0.1) is 0 Å². The third-order valence-corrected chi connectivity index (χ3v) is 7.61. The molecule has 192 valence electrons. The number of halogens is 4. The van der Waals surface area contributed by atoms with Gasteiger partial charge in [-0.1, -0.05) is 41.4 Å². The summed E-state index contributed by atoms with van der Waals surface area (Å²) in [6, 6.07) is 8.42. The lowest BCUT2D eigenvalue weighted by Crippen LogP contribution is -2.49. The molecule has 4 rings (SSSR count). The summed E-state index contributed by atoms with van der Waals surface area (Å²) in [7, 11) is 0. The first kappa shape index (κ1) is 26.8. The van der Waals surface area contributed by atoms with Crippen LogP contribution < -0.4 is 5.32 Å². The molecule has 2 aromatic rings. The maximum atomic E-state index is 15.6. The lowest BCUT2D eigenvalue weighted by molar-refractivity contribution is -0.157. The first-order valence-electron chi connectivity index (χ1n) is 11.8. The predicted molar refractivity (Wildman–Crippen MR) is 133 cm³/mol. The normalized spacial score (nSPS) is 26.9. The van der Waals surface area contributed by atoms with Gasteiger partial charge in [-0.3, -0.25) is 10.1 Å². The number of carbonyl (C=O) groups excluding carboxylic acids is 1. The quantitative estimate of drug-likeness (QED) is 0.475. The number of rotatable bonds is 6. The molecular weight excluding hydrogens is 509 g/mol. The summed E-state index contributed by atoms with van der Waals surface area (Å²) in [4.78, 5) is 13.5. The highest BCUT2D eigenvalue weighted by Gasteiger charge is 2.64. The standard InChI is InChI=1S/C27H28Cl2F2N2O3/c1-26(2,3)36-25(35)23-21(16-5-4-6-19(29)22(16)31)27(13-32,18-10-9-15(28)11-20(18)30)24(33-23)17(12-34)14-7-8-14/h4-6,9-11,14,17,21,23-24,33-34H,7-8,12H2,1-3H3/t17?,21-,23+,24-,27+/m0/s1. The van der Waals surface area contributed by atoms with Gasteiger partial charge in [0.05, 0.1) is 11.1 Å². The fourth-order valence-electron chi connectivity index (χ4n) is 5.50. The van der Waals surface area contributed by atoms with E-state index in [1.54, 1.807) is 20.8 Å². The van der Waals surface area contributed by atoms with Crippen molar-refractivity contribution in [1.82, 2.24) is 5.32 Å². The van der Waals surface area contributed by atoms with Gasteiger partial charge in [-0.05, 0) is 63.3 Å². The molecule has 0 aromatic heterocycles. The summed E-state index contributed by atoms with van der Waals surface area (Å²) < 4.78 is 36.8. The van der Waals surface area contributed by atoms with Crippen LogP contribution in [0.3, 0.4) is 0 Å². The molecule has 1 aliphatic carbocycles. The van der Waals surface area contributed by atoms with Crippen LogP contribution in [0.4, 0.5) is 8.78 Å². The first-order chi connectivity index (χ1) is 16.9. The molecule has 2 aromatic carbocycles. The van der Waals surface area contributed by atoms with Crippen LogP contribution in [0, 0.1) is 34.8 Å². The number of benzene rings is 2. The number of aliphatic hydroxyl groups excluding tert-OH is 1. The molecule has 5 nitrogen and oxygen atoms in total. The Balaban J connectivity index is 2.02. The number of hydrogen-bond donors (Lipinski definition) is 2. The third-order valence-electron chi connectivity index (χ3n) is 7.08. The molecule has 1 unspecified atom stereocenters. The van der Waals surface area contributed by atoms with E-state index in [0.29, 0.717) is 0 Å². The summed E-state index contributed by atoms with van der Waals surface area (Å²) >= 11 is 12.1. The van der Waals surface area contributed by atoms with Crippen molar-refractivity contribution in [3.63, 3.8) is 0 Å². The minimum absolute atomic E-state index is 0.0169. The summed E-state index contributed by atoms with van der Waals surface area (Å²) in [5.74, 6) is -3.92. The van der Waals surface area contributed by atoms with Gasteiger partial charge in [0.1, 0.15) is 28.7 Å². The van der Waals surface area contributed by atoms with Gasteiger partial charge < -0.3 is 9.84 Å². The number of nitrogens with one attached hydrogen (secondary N) is 1. The van der Waals surface area contributed by atoms with E-state index in [4.69, 9.17) is 27.9 Å². The molecule has 0 bridgehead atoms. The van der Waals surface area contributed by atoms with Gasteiger partial charge in [0, 0.05) is 35.1 Å². The van der Waals surface area contributed by atoms with E-state index in [1.165, 1.54) is 30.3 Å². The zero-order valence-corrected chi connectivity index (χ0v) is 21.7. The van der Waals surface area contributed by atoms with Crippen LogP contribution in [0.5, 0.6) is 0 Å². The number of aliphatic hydroxyl groups is 1. The number of hydrogen-bond acceptors (Lipinski definition) is 5. The summed E-state index contributed by atoms with van der Waals surface area (Å²) in [6.45, 7) is 4.79. The van der Waals surface area contributed by atoms with Crippen LogP contribution in [0.15, 0.2) is 36.4 Å². The molecule has 2 aliphatic rings. The fraction of sp³-hybridized carbons (Fsp3) is 0.481. The van der Waals surface area contributed by atoms with Crippen molar-refractivity contribution in [1.29, 1.82) is 5.26 Å². The number of carbonyl (C=O) groups is 1. The van der Waals surface area contributed by atoms with Crippen LogP contribution in [0.25, 0.3) is 0 Å². The van der Waals surface area contributed by atoms with Crippen LogP contribution in [-0.4, -0.2) is 35.4 Å². The molecule has 2 N–H and O–H groups in total. The van der Waals surface area contributed by atoms with Crippen molar-refractivity contribution in [2.75, 3.05) is 6.61 Å². The van der Waals surface area contributed by atoms with E-state index in [-0.39, 0.29) is 33.7 Å². The van der Waals surface area contributed by atoms with E-state index in [9.17, 15) is 15.2 Å². The van der Waals surface area contributed by atoms with Crippen molar-refractivity contribution in [2.45, 2.75) is 62.6 Å². The van der Waals surface area contributed by atoms with Crippen LogP contribution in [0.2, 0.25) is 10.0 Å². The van der Waals surface area contributed by atoms with Crippen molar-refractivity contribution in [2.24, 2.45) is 11.8 Å². The van der Waals surface area contributed by atoms with E-state index < -0.39 is 52.5 Å². The monoisotopic (exact) mass is 536 g/mol. The second-order valence-electron chi connectivity index (χ2n) is 10.6. The zero-order chi connectivity index (χ0) is 26.4. The third kappa shape index (κ3) is 4.72. The summed E-state index contributed by atoms with van der Waals surface area (Å²) in [5, 5.41) is 24.3. The summed E-state index contributed by atoms with van der Waals surface area (Å²) in [5.41, 5.74) is -2.72. The molecule has 2 fully saturated rings. The van der Waals surface area contributed by atoms with Gasteiger partial charge >= 0.3 is 5.97 Å². The number of nitriles is 1. The van der Waals surface area contributed by atoms with E-state index in [1.807, 2.05) is 0 Å². The molecule has 9 heteroatoms. The first-order valence-corrected chi connectivity index (χ1v) is 12.6. The second kappa shape index (κ2) is 9.90. The fourth-order valence-corrected chi connectivity index (χ4v) is 5.84. The topological polar surface area (TPSA) is 82.3 Å². The Bertz CT molecular complexity index is 1210. The average Bonchev–Trinajstić information content (AvgIpc) is 3.57. The van der Waals surface area contributed by atoms with E-state index in [0.717, 1.165) is 18.9 Å². The lowest BCUT2D eigenvalue weighted by Gasteiger charge is -2.38. The molecule has 0 amide bonds. The van der Waals surface area contributed by atoms with E-state index >= 15 is 8.78 Å². The van der Waals surface area contributed by atoms with Gasteiger partial charge in [-0.2, -0.15) is 5.26 Å². The number of ether oxygens (including phenoxy) is 1. The Morgan fingerprint density at radius 3 is 2.53 bits per heavy atom.